The number of hydrogen-bond acceptors (Lipinski definition) is 4. The molecule has 0 atom stereocenters. The first kappa shape index (κ1) is 15.0. The average Bonchev–Trinajstić information content (AvgIpc) is 2.48. The number of halogens is 1. The fourth-order valence-corrected chi connectivity index (χ4v) is 2.47. The summed E-state index contributed by atoms with van der Waals surface area (Å²) in [6, 6.07) is 10.2. The van der Waals surface area contributed by atoms with E-state index >= 15 is 0 Å². The van der Waals surface area contributed by atoms with Gasteiger partial charge >= 0.3 is 5.97 Å². The molecular weight excluding hydrogens is 299 g/mol. The molecule has 1 aromatic heterocycles. The van der Waals surface area contributed by atoms with E-state index in [2.05, 4.69) is 0 Å². The van der Waals surface area contributed by atoms with E-state index < -0.39 is 5.97 Å². The highest BCUT2D eigenvalue weighted by molar-refractivity contribution is 5.84. The van der Waals surface area contributed by atoms with Crippen LogP contribution in [0.1, 0.15) is 12.7 Å². The molecule has 116 valence electrons. The minimum absolute atomic E-state index is 0.218. The second-order valence-corrected chi connectivity index (χ2v) is 5.12. The monoisotopic (exact) mass is 312 g/mol. The van der Waals surface area contributed by atoms with Crippen molar-refractivity contribution in [2.75, 3.05) is 0 Å². The molecule has 0 radical (unpaired) electrons. The van der Waals surface area contributed by atoms with Gasteiger partial charge in [0.2, 0.25) is 5.43 Å². The van der Waals surface area contributed by atoms with Gasteiger partial charge in [0.05, 0.1) is 10.9 Å². The highest BCUT2D eigenvalue weighted by atomic mass is 19.1. The summed E-state index contributed by atoms with van der Waals surface area (Å²) in [7, 11) is 0. The van der Waals surface area contributed by atoms with Crippen LogP contribution in [0.3, 0.4) is 0 Å². The first-order chi connectivity index (χ1) is 11.0. The molecule has 0 N–H and O–H groups in total. The maximum atomic E-state index is 13.1. The smallest absolute Gasteiger partial charge is 0.308 e. The number of aryl methyl sites for hydroxylation is 1. The van der Waals surface area contributed by atoms with Gasteiger partial charge in [-0.1, -0.05) is 12.1 Å². The van der Waals surface area contributed by atoms with Crippen LogP contribution < -0.4 is 10.2 Å². The summed E-state index contributed by atoms with van der Waals surface area (Å²) in [4.78, 5) is 23.7. The topological polar surface area (TPSA) is 56.5 Å². The molecule has 2 aromatic carbocycles. The van der Waals surface area contributed by atoms with Crippen molar-refractivity contribution in [2.24, 2.45) is 0 Å². The summed E-state index contributed by atoms with van der Waals surface area (Å²) in [6.45, 7) is 2.96. The van der Waals surface area contributed by atoms with Crippen LogP contribution in [0.25, 0.3) is 22.1 Å². The van der Waals surface area contributed by atoms with Gasteiger partial charge in [0.15, 0.2) is 0 Å². The van der Waals surface area contributed by atoms with Crippen molar-refractivity contribution in [2.45, 2.75) is 13.8 Å². The molecule has 0 saturated carbocycles. The van der Waals surface area contributed by atoms with Gasteiger partial charge in [-0.05, 0) is 36.8 Å². The summed E-state index contributed by atoms with van der Waals surface area (Å²) in [5.41, 5.74) is 1.09. The Morgan fingerprint density at radius 3 is 2.48 bits per heavy atom. The largest absolute Gasteiger partial charge is 0.460 e. The van der Waals surface area contributed by atoms with Crippen molar-refractivity contribution in [3.05, 3.63) is 64.3 Å². The number of benzene rings is 2. The third-order valence-electron chi connectivity index (χ3n) is 3.43. The molecule has 1 heterocycles. The molecule has 0 fully saturated rings. The number of carbonyl (C=O) groups excluding carboxylic acids is 1. The molecule has 3 aromatic rings. The Bertz CT molecular complexity index is 955. The predicted molar refractivity (Wildman–Crippen MR) is 83.9 cm³/mol. The zero-order chi connectivity index (χ0) is 16.6. The van der Waals surface area contributed by atoms with E-state index in [9.17, 15) is 14.0 Å². The Hall–Kier alpha value is -2.95. The maximum absolute atomic E-state index is 13.1. The number of carbonyl (C=O) groups is 1. The van der Waals surface area contributed by atoms with E-state index in [0.717, 1.165) is 0 Å². The summed E-state index contributed by atoms with van der Waals surface area (Å²) >= 11 is 0. The standard InChI is InChI=1S/C18H13FO4/c1-10-17(12-3-5-13(19)6-4-12)18(21)15-8-7-14(23-11(2)20)9-16(15)22-10/h3-9H,1-2H3. The molecule has 23 heavy (non-hydrogen) atoms. The van der Waals surface area contributed by atoms with Gasteiger partial charge in [0.25, 0.3) is 0 Å². The highest BCUT2D eigenvalue weighted by Gasteiger charge is 2.14. The Kier molecular flexibility index (Phi) is 3.70. The molecule has 4 nitrogen and oxygen atoms in total. The fourth-order valence-electron chi connectivity index (χ4n) is 2.47. The van der Waals surface area contributed by atoms with Gasteiger partial charge in [-0.3, -0.25) is 9.59 Å². The Morgan fingerprint density at radius 1 is 1.13 bits per heavy atom. The van der Waals surface area contributed by atoms with Crippen LogP contribution in [0.2, 0.25) is 0 Å². The van der Waals surface area contributed by atoms with Crippen molar-refractivity contribution in [1.29, 1.82) is 0 Å². The van der Waals surface area contributed by atoms with Crippen LogP contribution in [0.15, 0.2) is 51.7 Å². The van der Waals surface area contributed by atoms with E-state index in [1.807, 2.05) is 0 Å². The zero-order valence-electron chi connectivity index (χ0n) is 12.6. The highest BCUT2D eigenvalue weighted by Crippen LogP contribution is 2.26. The van der Waals surface area contributed by atoms with Gasteiger partial charge in [0.1, 0.15) is 22.9 Å². The van der Waals surface area contributed by atoms with E-state index in [-0.39, 0.29) is 11.2 Å². The van der Waals surface area contributed by atoms with Crippen molar-refractivity contribution in [3.63, 3.8) is 0 Å². The third-order valence-corrected chi connectivity index (χ3v) is 3.43. The molecular formula is C18H13FO4. The molecule has 0 saturated heterocycles. The summed E-state index contributed by atoms with van der Waals surface area (Å²) in [5.74, 6) is -0.106. The summed E-state index contributed by atoms with van der Waals surface area (Å²) < 4.78 is 23.7. The van der Waals surface area contributed by atoms with Gasteiger partial charge in [-0.15, -0.1) is 0 Å². The van der Waals surface area contributed by atoms with Gasteiger partial charge < -0.3 is 9.15 Å². The van der Waals surface area contributed by atoms with Crippen molar-refractivity contribution in [1.82, 2.24) is 0 Å². The lowest BCUT2D eigenvalue weighted by Crippen LogP contribution is -2.08. The van der Waals surface area contributed by atoms with Crippen molar-refractivity contribution < 1.29 is 18.3 Å². The quantitative estimate of drug-likeness (QED) is 0.533. The molecule has 0 amide bonds. The Balaban J connectivity index is 2.20. The Labute approximate surface area is 131 Å². The molecule has 5 heteroatoms. The van der Waals surface area contributed by atoms with Crippen molar-refractivity contribution >= 4 is 16.9 Å². The van der Waals surface area contributed by atoms with E-state index in [0.29, 0.717) is 33.6 Å². The van der Waals surface area contributed by atoms with E-state index in [1.165, 1.54) is 43.3 Å². The van der Waals surface area contributed by atoms with Crippen LogP contribution in [-0.4, -0.2) is 5.97 Å². The van der Waals surface area contributed by atoms with E-state index in [4.69, 9.17) is 9.15 Å². The number of hydrogen-bond donors (Lipinski definition) is 0. The number of ether oxygens (including phenoxy) is 1. The molecule has 0 unspecified atom stereocenters. The van der Waals surface area contributed by atoms with Gasteiger partial charge in [-0.25, -0.2) is 4.39 Å². The van der Waals surface area contributed by atoms with Crippen molar-refractivity contribution in [3.8, 4) is 16.9 Å². The zero-order valence-corrected chi connectivity index (χ0v) is 12.6. The number of esters is 1. The summed E-state index contributed by atoms with van der Waals surface area (Å²) in [6.07, 6.45) is 0. The van der Waals surface area contributed by atoms with E-state index in [1.54, 1.807) is 13.0 Å². The maximum Gasteiger partial charge on any atom is 0.308 e. The second-order valence-electron chi connectivity index (χ2n) is 5.12. The van der Waals surface area contributed by atoms with Gasteiger partial charge in [-0.2, -0.15) is 0 Å². The van der Waals surface area contributed by atoms with Gasteiger partial charge in [0, 0.05) is 13.0 Å². The molecule has 0 aliphatic carbocycles. The summed E-state index contributed by atoms with van der Waals surface area (Å²) in [5, 5.41) is 0.367. The lowest BCUT2D eigenvalue weighted by molar-refractivity contribution is -0.131. The second kappa shape index (κ2) is 5.68. The minimum Gasteiger partial charge on any atom is -0.460 e. The first-order valence-corrected chi connectivity index (χ1v) is 6.97. The number of rotatable bonds is 2. The molecule has 0 aliphatic heterocycles. The molecule has 0 aliphatic rings. The fraction of sp³-hybridized carbons (Fsp3) is 0.111. The molecule has 0 bridgehead atoms. The lowest BCUT2D eigenvalue weighted by Gasteiger charge is -2.08. The number of fused-ring (bicyclic) bond motifs is 1. The average molecular weight is 312 g/mol. The molecule has 3 rings (SSSR count). The third kappa shape index (κ3) is 2.85. The lowest BCUT2D eigenvalue weighted by atomic mass is 10.0. The minimum atomic E-state index is -0.452. The normalized spacial score (nSPS) is 10.7. The predicted octanol–water partition coefficient (Wildman–Crippen LogP) is 3.83. The molecule has 0 spiro atoms. The van der Waals surface area contributed by atoms with Crippen LogP contribution in [0.4, 0.5) is 4.39 Å². The Morgan fingerprint density at radius 2 is 1.83 bits per heavy atom. The first-order valence-electron chi connectivity index (χ1n) is 6.97. The van der Waals surface area contributed by atoms with Crippen LogP contribution in [0.5, 0.6) is 5.75 Å². The van der Waals surface area contributed by atoms with Crippen LogP contribution >= 0.6 is 0 Å². The van der Waals surface area contributed by atoms with Crippen LogP contribution in [-0.2, 0) is 4.79 Å². The van der Waals surface area contributed by atoms with Crippen LogP contribution in [0, 0.1) is 12.7 Å². The SMILES string of the molecule is CC(=O)Oc1ccc2c(=O)c(-c3ccc(F)cc3)c(C)oc2c1.